The van der Waals surface area contributed by atoms with E-state index in [0.717, 1.165) is 16.1 Å². The van der Waals surface area contributed by atoms with Gasteiger partial charge in [-0.2, -0.15) is 5.01 Å². The third kappa shape index (κ3) is 3.61. The lowest BCUT2D eigenvalue weighted by atomic mass is 9.87. The van der Waals surface area contributed by atoms with Crippen LogP contribution in [0.4, 0.5) is 10.5 Å². The average Bonchev–Trinajstić information content (AvgIpc) is 2.90. The summed E-state index contributed by atoms with van der Waals surface area (Å²) in [7, 11) is 0. The molecule has 27 heavy (non-hydrogen) atoms. The van der Waals surface area contributed by atoms with Crippen molar-refractivity contribution in [2.75, 3.05) is 5.32 Å². The molecule has 6 nitrogen and oxygen atoms in total. The lowest BCUT2D eigenvalue weighted by molar-refractivity contribution is -0.133. The number of urea groups is 1. The first-order valence-corrected chi connectivity index (χ1v) is 9.22. The molecule has 0 spiro atoms. The SMILES string of the molecule is CC[C@@]1(c2ccccc2)NC(=O)N(NC(=S)Nc2ccc(C)c(Cl)c2)C1=O. The van der Waals surface area contributed by atoms with E-state index in [1.807, 2.05) is 50.2 Å². The van der Waals surface area contributed by atoms with E-state index in [-0.39, 0.29) is 5.11 Å². The number of amides is 3. The van der Waals surface area contributed by atoms with Crippen molar-refractivity contribution in [2.45, 2.75) is 25.8 Å². The molecule has 0 bridgehead atoms. The quantitative estimate of drug-likeness (QED) is 0.537. The number of halogens is 1. The van der Waals surface area contributed by atoms with Crippen LogP contribution in [0, 0.1) is 6.92 Å². The number of hydrazine groups is 1. The van der Waals surface area contributed by atoms with E-state index in [2.05, 4.69) is 16.1 Å². The van der Waals surface area contributed by atoms with Crippen LogP contribution < -0.4 is 16.1 Å². The summed E-state index contributed by atoms with van der Waals surface area (Å²) in [5.74, 6) is -0.410. The first-order valence-electron chi connectivity index (χ1n) is 8.43. The van der Waals surface area contributed by atoms with Crippen molar-refractivity contribution in [2.24, 2.45) is 0 Å². The molecule has 3 rings (SSSR count). The zero-order valence-corrected chi connectivity index (χ0v) is 16.4. The second kappa shape index (κ2) is 7.54. The van der Waals surface area contributed by atoms with Crippen LogP contribution in [-0.4, -0.2) is 22.1 Å². The van der Waals surface area contributed by atoms with Gasteiger partial charge in [0.15, 0.2) is 5.11 Å². The van der Waals surface area contributed by atoms with Gasteiger partial charge in [-0.1, -0.05) is 54.9 Å². The molecule has 8 heteroatoms. The maximum atomic E-state index is 13.0. The van der Waals surface area contributed by atoms with Crippen LogP contribution in [0.5, 0.6) is 0 Å². The summed E-state index contributed by atoms with van der Waals surface area (Å²) < 4.78 is 0. The summed E-state index contributed by atoms with van der Waals surface area (Å²) in [6.07, 6.45) is 0.410. The molecule has 0 radical (unpaired) electrons. The molecule has 0 unspecified atom stereocenters. The minimum Gasteiger partial charge on any atom is -0.331 e. The highest BCUT2D eigenvalue weighted by molar-refractivity contribution is 7.80. The number of imide groups is 1. The number of thiocarbonyl (C=S) groups is 1. The number of carbonyl (C=O) groups excluding carboxylic acids is 2. The average molecular weight is 403 g/mol. The first-order chi connectivity index (χ1) is 12.9. The highest BCUT2D eigenvalue weighted by atomic mass is 35.5. The summed E-state index contributed by atoms with van der Waals surface area (Å²) in [6, 6.07) is 14.0. The second-order valence-corrected chi connectivity index (χ2v) is 7.04. The standard InChI is InChI=1S/C19H19ClN4O2S/c1-3-19(13-7-5-4-6-8-13)16(25)24(18(26)22-19)23-17(27)21-14-10-9-12(2)15(20)11-14/h4-11H,3H2,1-2H3,(H,22,26)(H2,21,23,27)/t19-/m0/s1. The molecular weight excluding hydrogens is 384 g/mol. The van der Waals surface area contributed by atoms with Gasteiger partial charge in [-0.15, -0.1) is 0 Å². The molecule has 1 saturated heterocycles. The van der Waals surface area contributed by atoms with Crippen molar-refractivity contribution in [3.63, 3.8) is 0 Å². The van der Waals surface area contributed by atoms with Gasteiger partial charge in [0.2, 0.25) is 0 Å². The smallest absolute Gasteiger partial charge is 0.331 e. The molecule has 1 fully saturated rings. The highest BCUT2D eigenvalue weighted by Crippen LogP contribution is 2.31. The molecule has 1 heterocycles. The van der Waals surface area contributed by atoms with E-state index in [1.165, 1.54) is 0 Å². The summed E-state index contributed by atoms with van der Waals surface area (Å²) in [5, 5.41) is 7.31. The molecule has 0 saturated carbocycles. The molecule has 1 atom stereocenters. The number of nitrogens with one attached hydrogen (secondary N) is 3. The van der Waals surface area contributed by atoms with Gasteiger partial charge in [0.05, 0.1) is 0 Å². The molecule has 1 aliphatic heterocycles. The van der Waals surface area contributed by atoms with E-state index in [4.69, 9.17) is 23.8 Å². The molecule has 3 N–H and O–H groups in total. The van der Waals surface area contributed by atoms with Gasteiger partial charge in [0, 0.05) is 10.7 Å². The van der Waals surface area contributed by atoms with Crippen molar-refractivity contribution >= 4 is 46.6 Å². The van der Waals surface area contributed by atoms with Crippen molar-refractivity contribution in [1.29, 1.82) is 0 Å². The summed E-state index contributed by atoms with van der Waals surface area (Å²) in [5.41, 5.74) is 3.86. The van der Waals surface area contributed by atoms with Crippen molar-refractivity contribution in [1.82, 2.24) is 15.8 Å². The summed E-state index contributed by atoms with van der Waals surface area (Å²) in [4.78, 5) is 25.5. The highest BCUT2D eigenvalue weighted by Gasteiger charge is 2.51. The minimum atomic E-state index is -1.12. The number of hydrogen-bond acceptors (Lipinski definition) is 3. The predicted octanol–water partition coefficient (Wildman–Crippen LogP) is 3.71. The van der Waals surface area contributed by atoms with Crippen LogP contribution in [0.2, 0.25) is 5.02 Å². The fourth-order valence-corrected chi connectivity index (χ4v) is 3.36. The maximum Gasteiger partial charge on any atom is 0.344 e. The molecule has 0 aromatic heterocycles. The fourth-order valence-electron chi connectivity index (χ4n) is 2.97. The molecule has 0 aliphatic carbocycles. The Hall–Kier alpha value is -2.64. The predicted molar refractivity (Wildman–Crippen MR) is 109 cm³/mol. The van der Waals surface area contributed by atoms with Gasteiger partial charge in [0.1, 0.15) is 5.54 Å². The van der Waals surface area contributed by atoms with Gasteiger partial charge in [0.25, 0.3) is 5.91 Å². The number of aryl methyl sites for hydroxylation is 1. The van der Waals surface area contributed by atoms with Gasteiger partial charge in [-0.25, -0.2) is 4.79 Å². The Morgan fingerprint density at radius 2 is 1.93 bits per heavy atom. The maximum absolute atomic E-state index is 13.0. The van der Waals surface area contributed by atoms with Gasteiger partial charge in [-0.05, 0) is 48.8 Å². The number of rotatable bonds is 4. The zero-order valence-electron chi connectivity index (χ0n) is 14.9. The van der Waals surface area contributed by atoms with Crippen LogP contribution in [0.25, 0.3) is 0 Å². The number of anilines is 1. The zero-order chi connectivity index (χ0) is 19.6. The third-order valence-corrected chi connectivity index (χ3v) is 5.13. The lowest BCUT2D eigenvalue weighted by Gasteiger charge is -2.25. The normalized spacial score (nSPS) is 19.0. The summed E-state index contributed by atoms with van der Waals surface area (Å²) >= 11 is 11.3. The lowest BCUT2D eigenvalue weighted by Crippen LogP contribution is -2.49. The van der Waals surface area contributed by atoms with E-state index >= 15 is 0 Å². The van der Waals surface area contributed by atoms with Crippen LogP contribution in [-0.2, 0) is 10.3 Å². The van der Waals surface area contributed by atoms with Crippen molar-refractivity contribution in [3.05, 3.63) is 64.7 Å². The van der Waals surface area contributed by atoms with Crippen molar-refractivity contribution in [3.8, 4) is 0 Å². The Kier molecular flexibility index (Phi) is 5.34. The third-order valence-electron chi connectivity index (χ3n) is 4.53. The fraction of sp³-hybridized carbons (Fsp3) is 0.211. The van der Waals surface area contributed by atoms with Crippen LogP contribution >= 0.6 is 23.8 Å². The largest absolute Gasteiger partial charge is 0.344 e. The Bertz CT molecular complexity index is 906. The van der Waals surface area contributed by atoms with E-state index < -0.39 is 17.5 Å². The number of carbonyl (C=O) groups is 2. The van der Waals surface area contributed by atoms with Crippen LogP contribution in [0.3, 0.4) is 0 Å². The Morgan fingerprint density at radius 3 is 2.56 bits per heavy atom. The Labute approximate surface area is 167 Å². The van der Waals surface area contributed by atoms with Gasteiger partial charge >= 0.3 is 6.03 Å². The molecule has 1 aliphatic rings. The summed E-state index contributed by atoms with van der Waals surface area (Å²) in [6.45, 7) is 3.74. The van der Waals surface area contributed by atoms with Crippen LogP contribution in [0.1, 0.15) is 24.5 Å². The number of hydrogen-bond donors (Lipinski definition) is 3. The Morgan fingerprint density at radius 1 is 1.22 bits per heavy atom. The molecule has 140 valence electrons. The molecule has 2 aromatic carbocycles. The molecular formula is C19H19ClN4O2S. The first kappa shape index (κ1) is 19.1. The molecule has 3 amide bonds. The van der Waals surface area contributed by atoms with Crippen LogP contribution in [0.15, 0.2) is 48.5 Å². The number of nitrogens with zero attached hydrogens (tertiary/aromatic N) is 1. The number of benzene rings is 2. The van der Waals surface area contributed by atoms with E-state index in [0.29, 0.717) is 17.1 Å². The van der Waals surface area contributed by atoms with Gasteiger partial charge in [-0.3, -0.25) is 10.2 Å². The van der Waals surface area contributed by atoms with E-state index in [9.17, 15) is 9.59 Å². The van der Waals surface area contributed by atoms with Gasteiger partial charge < -0.3 is 10.6 Å². The minimum absolute atomic E-state index is 0.110. The van der Waals surface area contributed by atoms with Crippen molar-refractivity contribution < 1.29 is 9.59 Å². The topological polar surface area (TPSA) is 73.5 Å². The second-order valence-electron chi connectivity index (χ2n) is 6.23. The molecule has 2 aromatic rings. The monoisotopic (exact) mass is 402 g/mol. The van der Waals surface area contributed by atoms with E-state index in [1.54, 1.807) is 12.1 Å². The Balaban J connectivity index is 1.77.